The summed E-state index contributed by atoms with van der Waals surface area (Å²) in [6, 6.07) is 13.9. The van der Waals surface area contributed by atoms with Crippen LogP contribution in [-0.2, 0) is 9.59 Å². The van der Waals surface area contributed by atoms with Crippen molar-refractivity contribution in [3.63, 3.8) is 0 Å². The Morgan fingerprint density at radius 2 is 1.74 bits per heavy atom. The molecule has 5 nitrogen and oxygen atoms in total. The van der Waals surface area contributed by atoms with Crippen LogP contribution in [0.25, 0.3) is 5.76 Å². The van der Waals surface area contributed by atoms with Crippen molar-refractivity contribution in [1.29, 1.82) is 0 Å². The Balaban J connectivity index is 1.96. The number of rotatable bonds is 4. The van der Waals surface area contributed by atoms with Crippen LogP contribution in [0.3, 0.4) is 0 Å². The van der Waals surface area contributed by atoms with Gasteiger partial charge in [-0.1, -0.05) is 18.2 Å². The third-order valence-electron chi connectivity index (χ3n) is 5.64. The number of aliphatic hydroxyl groups excluding tert-OH is 1. The van der Waals surface area contributed by atoms with E-state index in [-0.39, 0.29) is 11.3 Å². The average Bonchev–Trinajstić information content (AvgIpc) is 3.28. The summed E-state index contributed by atoms with van der Waals surface area (Å²) in [6.07, 6.45) is 0. The number of aryl methyl sites for hydroxylation is 3. The molecule has 1 aliphatic heterocycles. The van der Waals surface area contributed by atoms with Gasteiger partial charge in [0.25, 0.3) is 11.7 Å². The Bertz CT molecular complexity index is 1220. The van der Waals surface area contributed by atoms with Crippen molar-refractivity contribution in [2.75, 3.05) is 12.0 Å². The van der Waals surface area contributed by atoms with Crippen molar-refractivity contribution < 1.29 is 19.4 Å². The number of nitrogens with zero attached hydrogens (tertiary/aromatic N) is 1. The summed E-state index contributed by atoms with van der Waals surface area (Å²) < 4.78 is 5.30. The van der Waals surface area contributed by atoms with Crippen molar-refractivity contribution in [2.45, 2.75) is 26.8 Å². The van der Waals surface area contributed by atoms with Gasteiger partial charge < -0.3 is 9.84 Å². The van der Waals surface area contributed by atoms with E-state index in [2.05, 4.69) is 0 Å². The van der Waals surface area contributed by atoms with Crippen LogP contribution >= 0.6 is 11.3 Å². The maximum absolute atomic E-state index is 13.2. The van der Waals surface area contributed by atoms with Crippen LogP contribution < -0.4 is 9.64 Å². The van der Waals surface area contributed by atoms with E-state index in [0.29, 0.717) is 17.0 Å². The van der Waals surface area contributed by atoms with E-state index < -0.39 is 17.7 Å². The van der Waals surface area contributed by atoms with E-state index >= 15 is 0 Å². The molecule has 0 aliphatic carbocycles. The molecule has 0 radical (unpaired) electrons. The van der Waals surface area contributed by atoms with Crippen molar-refractivity contribution in [3.8, 4) is 5.75 Å². The van der Waals surface area contributed by atoms with Gasteiger partial charge in [-0.15, -0.1) is 11.3 Å². The molecule has 0 saturated carbocycles. The summed E-state index contributed by atoms with van der Waals surface area (Å²) in [6.45, 7) is 5.71. The fourth-order valence-corrected chi connectivity index (χ4v) is 5.03. The summed E-state index contributed by atoms with van der Waals surface area (Å²) in [5.41, 5.74) is 3.90. The minimum Gasteiger partial charge on any atom is -0.507 e. The van der Waals surface area contributed by atoms with E-state index in [1.54, 1.807) is 25.3 Å². The number of para-hydroxylation sites is 1. The second-order valence-corrected chi connectivity index (χ2v) is 8.56. The number of methoxy groups -OCH3 is 1. The molecule has 0 bridgehead atoms. The quantitative estimate of drug-likeness (QED) is 0.344. The summed E-state index contributed by atoms with van der Waals surface area (Å²) >= 11 is 1.47. The van der Waals surface area contributed by atoms with Crippen LogP contribution in [0.2, 0.25) is 0 Å². The van der Waals surface area contributed by atoms with Gasteiger partial charge in [-0.3, -0.25) is 14.5 Å². The smallest absolute Gasteiger partial charge is 0.300 e. The molecule has 1 aliphatic rings. The fourth-order valence-electron chi connectivity index (χ4n) is 4.01. The van der Waals surface area contributed by atoms with Gasteiger partial charge in [0.05, 0.1) is 12.7 Å². The van der Waals surface area contributed by atoms with Crippen molar-refractivity contribution in [3.05, 3.63) is 86.6 Å². The van der Waals surface area contributed by atoms with Gasteiger partial charge in [-0.25, -0.2) is 0 Å². The van der Waals surface area contributed by atoms with E-state index in [9.17, 15) is 14.7 Å². The minimum atomic E-state index is -0.691. The number of ether oxygens (including phenoxy) is 1. The SMILES string of the molecule is COc1ccc(/C(O)=C2/C(=O)C(=O)N(c3ccccc3C)C2c2sccc2C)cc1C. The molecule has 2 aromatic carbocycles. The highest BCUT2D eigenvalue weighted by Gasteiger charge is 2.48. The van der Waals surface area contributed by atoms with Crippen molar-refractivity contribution in [2.24, 2.45) is 0 Å². The Morgan fingerprint density at radius 1 is 1.00 bits per heavy atom. The van der Waals surface area contributed by atoms with E-state index in [0.717, 1.165) is 21.6 Å². The number of benzene rings is 2. The predicted octanol–water partition coefficient (Wildman–Crippen LogP) is 5.31. The minimum absolute atomic E-state index is 0.100. The monoisotopic (exact) mass is 433 g/mol. The third kappa shape index (κ3) is 3.43. The van der Waals surface area contributed by atoms with Gasteiger partial charge in [0.1, 0.15) is 17.6 Å². The first kappa shape index (κ1) is 20.9. The Labute approximate surface area is 185 Å². The first-order chi connectivity index (χ1) is 14.8. The lowest BCUT2D eigenvalue weighted by Gasteiger charge is -2.26. The zero-order valence-corrected chi connectivity index (χ0v) is 18.6. The van der Waals surface area contributed by atoms with Crippen molar-refractivity contribution in [1.82, 2.24) is 0 Å². The molecule has 0 spiro atoms. The zero-order chi connectivity index (χ0) is 22.3. The highest BCUT2D eigenvalue weighted by Crippen LogP contribution is 2.45. The van der Waals surface area contributed by atoms with Gasteiger partial charge in [-0.05, 0) is 73.2 Å². The molecule has 1 amide bonds. The first-order valence-electron chi connectivity index (χ1n) is 9.90. The van der Waals surface area contributed by atoms with Crippen LogP contribution in [-0.4, -0.2) is 23.9 Å². The van der Waals surface area contributed by atoms with Crippen LogP contribution in [0.1, 0.15) is 33.2 Å². The third-order valence-corrected chi connectivity index (χ3v) is 6.71. The molecular formula is C25H23NO4S. The van der Waals surface area contributed by atoms with E-state index in [1.807, 2.05) is 56.5 Å². The maximum atomic E-state index is 13.2. The Morgan fingerprint density at radius 3 is 2.35 bits per heavy atom. The number of thiophene rings is 1. The number of anilines is 1. The molecule has 6 heteroatoms. The van der Waals surface area contributed by atoms with Gasteiger partial charge in [0.2, 0.25) is 0 Å². The number of carbonyl (C=O) groups is 2. The molecule has 1 N–H and O–H groups in total. The van der Waals surface area contributed by atoms with Gasteiger partial charge in [-0.2, -0.15) is 0 Å². The lowest BCUT2D eigenvalue weighted by atomic mass is 9.97. The highest BCUT2D eigenvalue weighted by atomic mass is 32.1. The Hall–Kier alpha value is -3.38. The number of amides is 1. The van der Waals surface area contributed by atoms with Gasteiger partial charge in [0.15, 0.2) is 0 Å². The summed E-state index contributed by atoms with van der Waals surface area (Å²) in [7, 11) is 1.58. The number of hydrogen-bond donors (Lipinski definition) is 1. The van der Waals surface area contributed by atoms with Gasteiger partial charge >= 0.3 is 0 Å². The topological polar surface area (TPSA) is 66.8 Å². The number of ketones is 1. The molecular weight excluding hydrogens is 410 g/mol. The average molecular weight is 434 g/mol. The van der Waals surface area contributed by atoms with Gasteiger partial charge in [0, 0.05) is 16.1 Å². The second kappa shape index (κ2) is 8.04. The van der Waals surface area contributed by atoms with E-state index in [1.165, 1.54) is 16.2 Å². The predicted molar refractivity (Wildman–Crippen MR) is 123 cm³/mol. The number of Topliss-reactive ketones (excluding diaryl/α,β-unsaturated/α-hetero) is 1. The maximum Gasteiger partial charge on any atom is 0.300 e. The molecule has 2 heterocycles. The van der Waals surface area contributed by atoms with Crippen LogP contribution in [0.5, 0.6) is 5.75 Å². The zero-order valence-electron chi connectivity index (χ0n) is 17.8. The molecule has 1 atom stereocenters. The van der Waals surface area contributed by atoms with Crippen LogP contribution in [0, 0.1) is 20.8 Å². The first-order valence-corrected chi connectivity index (χ1v) is 10.8. The summed E-state index contributed by atoms with van der Waals surface area (Å²) in [5, 5.41) is 13.2. The van der Waals surface area contributed by atoms with Crippen LogP contribution in [0.15, 0.2) is 59.5 Å². The number of hydrogen-bond acceptors (Lipinski definition) is 5. The normalized spacial score (nSPS) is 17.9. The molecule has 1 unspecified atom stereocenters. The molecule has 31 heavy (non-hydrogen) atoms. The van der Waals surface area contributed by atoms with E-state index in [4.69, 9.17) is 4.74 Å². The fraction of sp³-hybridized carbons (Fsp3) is 0.200. The second-order valence-electron chi connectivity index (χ2n) is 7.61. The van der Waals surface area contributed by atoms with Crippen LogP contribution in [0.4, 0.5) is 5.69 Å². The lowest BCUT2D eigenvalue weighted by Crippen LogP contribution is -2.30. The standard InChI is InChI=1S/C25H23NO4S/c1-14-7-5-6-8-18(14)26-21(24-15(2)11-12-31-24)20(23(28)25(26)29)22(27)17-9-10-19(30-4)16(3)13-17/h5-13,21,27H,1-4H3/b22-20-. The molecule has 4 rings (SSSR count). The summed E-state index contributed by atoms with van der Waals surface area (Å²) in [4.78, 5) is 28.8. The highest BCUT2D eigenvalue weighted by molar-refractivity contribution is 7.10. The number of carbonyl (C=O) groups excluding carboxylic acids is 2. The lowest BCUT2D eigenvalue weighted by molar-refractivity contribution is -0.132. The summed E-state index contributed by atoms with van der Waals surface area (Å²) in [5.74, 6) is -0.827. The molecule has 158 valence electrons. The van der Waals surface area contributed by atoms with Crippen molar-refractivity contribution >= 4 is 34.5 Å². The Kier molecular flexibility index (Phi) is 5.41. The molecule has 1 saturated heterocycles. The molecule has 1 aromatic heterocycles. The molecule has 3 aromatic rings. The molecule has 1 fully saturated rings. The largest absolute Gasteiger partial charge is 0.507 e. The number of aliphatic hydroxyl groups is 1.